The summed E-state index contributed by atoms with van der Waals surface area (Å²) < 4.78 is 0. The number of hydrogen-bond donors (Lipinski definition) is 2. The maximum absolute atomic E-state index is 5.68. The number of nitrogens with two attached hydrogens (primary N) is 1. The van der Waals surface area contributed by atoms with Crippen molar-refractivity contribution < 1.29 is 0 Å². The summed E-state index contributed by atoms with van der Waals surface area (Å²) in [6.45, 7) is 4.25. The summed E-state index contributed by atoms with van der Waals surface area (Å²) in [6.07, 6.45) is 3.80. The largest absolute Gasteiger partial charge is 0.271 e. The molecule has 1 unspecified atom stereocenters. The van der Waals surface area contributed by atoms with Crippen LogP contribution in [0.25, 0.3) is 0 Å². The Morgan fingerprint density at radius 1 is 1.33 bits per heavy atom. The first-order chi connectivity index (χ1) is 8.74. The molecule has 0 aliphatic heterocycles. The van der Waals surface area contributed by atoms with Crippen LogP contribution in [-0.4, -0.2) is 4.98 Å². The number of nitrogens with zero attached hydrogens (tertiary/aromatic N) is 1. The van der Waals surface area contributed by atoms with Gasteiger partial charge in [0.05, 0.1) is 11.7 Å². The zero-order chi connectivity index (χ0) is 13.0. The third-order valence-electron chi connectivity index (χ3n) is 3.05. The molecule has 0 amide bonds. The van der Waals surface area contributed by atoms with Gasteiger partial charge in [-0.3, -0.25) is 16.3 Å². The fraction of sp³-hybridized carbons (Fsp3) is 0.357. The summed E-state index contributed by atoms with van der Waals surface area (Å²) in [5, 5.41) is 0. The van der Waals surface area contributed by atoms with Crippen molar-refractivity contribution in [2.45, 2.75) is 32.7 Å². The predicted molar refractivity (Wildman–Crippen MR) is 76.4 cm³/mol. The molecule has 2 aromatic heterocycles. The van der Waals surface area contributed by atoms with Crippen LogP contribution in [0.2, 0.25) is 0 Å². The van der Waals surface area contributed by atoms with Crippen molar-refractivity contribution in [1.82, 2.24) is 10.4 Å². The van der Waals surface area contributed by atoms with Crippen LogP contribution in [0.15, 0.2) is 30.5 Å². The quantitative estimate of drug-likeness (QED) is 0.643. The van der Waals surface area contributed by atoms with Crippen LogP contribution < -0.4 is 11.3 Å². The highest BCUT2D eigenvalue weighted by Gasteiger charge is 2.15. The van der Waals surface area contributed by atoms with E-state index in [9.17, 15) is 0 Å². The Morgan fingerprint density at radius 2 is 2.11 bits per heavy atom. The minimum atomic E-state index is 0.0783. The van der Waals surface area contributed by atoms with Crippen LogP contribution >= 0.6 is 11.3 Å². The molecular formula is C14H19N3S. The highest BCUT2D eigenvalue weighted by Crippen LogP contribution is 2.24. The van der Waals surface area contributed by atoms with Crippen LogP contribution in [0.3, 0.4) is 0 Å². The van der Waals surface area contributed by atoms with Gasteiger partial charge in [0.2, 0.25) is 0 Å². The summed E-state index contributed by atoms with van der Waals surface area (Å²) in [7, 11) is 0. The molecule has 0 saturated carbocycles. The molecule has 2 rings (SSSR count). The molecular weight excluding hydrogens is 242 g/mol. The lowest BCUT2D eigenvalue weighted by molar-refractivity contribution is 0.539. The van der Waals surface area contributed by atoms with E-state index in [2.05, 4.69) is 42.5 Å². The molecule has 3 nitrogen and oxygen atoms in total. The average Bonchev–Trinajstić information content (AvgIpc) is 2.85. The lowest BCUT2D eigenvalue weighted by atomic mass is 10.0. The maximum Gasteiger partial charge on any atom is 0.0682 e. The first-order valence-electron chi connectivity index (χ1n) is 6.19. The first kappa shape index (κ1) is 13.2. The fourth-order valence-corrected chi connectivity index (χ4v) is 3.02. The van der Waals surface area contributed by atoms with Gasteiger partial charge in [-0.15, -0.1) is 11.3 Å². The van der Waals surface area contributed by atoms with Gasteiger partial charge in [-0.1, -0.05) is 13.0 Å². The smallest absolute Gasteiger partial charge is 0.0682 e. The SMILES string of the molecule is CCc1ccc(CC(NN)c2ncccc2C)s1. The van der Waals surface area contributed by atoms with Crippen LogP contribution in [-0.2, 0) is 12.8 Å². The number of rotatable bonds is 5. The average molecular weight is 261 g/mol. The van der Waals surface area contributed by atoms with Gasteiger partial charge in [-0.2, -0.15) is 0 Å². The number of pyridine rings is 1. The molecule has 2 heterocycles. The summed E-state index contributed by atoms with van der Waals surface area (Å²) in [5.74, 6) is 5.68. The minimum Gasteiger partial charge on any atom is -0.271 e. The van der Waals surface area contributed by atoms with E-state index in [0.29, 0.717) is 0 Å². The Kier molecular flexibility index (Phi) is 4.47. The second-order valence-electron chi connectivity index (χ2n) is 4.35. The number of aryl methyl sites for hydroxylation is 2. The molecule has 1 atom stereocenters. The van der Waals surface area contributed by atoms with Gasteiger partial charge in [-0.05, 0) is 37.1 Å². The second kappa shape index (κ2) is 6.09. The molecule has 0 aliphatic carbocycles. The van der Waals surface area contributed by atoms with Crippen LogP contribution in [0.5, 0.6) is 0 Å². The number of hydrazine groups is 1. The molecule has 0 fully saturated rings. The van der Waals surface area contributed by atoms with E-state index in [0.717, 1.165) is 18.5 Å². The molecule has 96 valence electrons. The maximum atomic E-state index is 5.68. The van der Waals surface area contributed by atoms with E-state index in [1.807, 2.05) is 23.6 Å². The van der Waals surface area contributed by atoms with Crippen molar-refractivity contribution in [1.29, 1.82) is 0 Å². The predicted octanol–water partition coefficient (Wildman–Crippen LogP) is 2.76. The third-order valence-corrected chi connectivity index (χ3v) is 4.30. The normalized spacial score (nSPS) is 12.6. The lowest BCUT2D eigenvalue weighted by Crippen LogP contribution is -2.30. The van der Waals surface area contributed by atoms with E-state index in [-0.39, 0.29) is 6.04 Å². The molecule has 0 saturated heterocycles. The van der Waals surface area contributed by atoms with Gasteiger partial charge in [0.25, 0.3) is 0 Å². The first-order valence-corrected chi connectivity index (χ1v) is 7.01. The van der Waals surface area contributed by atoms with E-state index in [1.165, 1.54) is 15.3 Å². The summed E-state index contributed by atoms with van der Waals surface area (Å²) in [4.78, 5) is 7.20. The molecule has 2 aromatic rings. The minimum absolute atomic E-state index is 0.0783. The van der Waals surface area contributed by atoms with Crippen LogP contribution in [0.1, 0.15) is 34.0 Å². The molecule has 0 spiro atoms. The summed E-state index contributed by atoms with van der Waals surface area (Å²) in [6, 6.07) is 8.48. The van der Waals surface area contributed by atoms with Crippen molar-refractivity contribution in [3.8, 4) is 0 Å². The van der Waals surface area contributed by atoms with Gasteiger partial charge >= 0.3 is 0 Å². The van der Waals surface area contributed by atoms with Crippen LogP contribution in [0, 0.1) is 6.92 Å². The van der Waals surface area contributed by atoms with Gasteiger partial charge in [0.1, 0.15) is 0 Å². The Hall–Kier alpha value is -1.23. The van der Waals surface area contributed by atoms with Crippen molar-refractivity contribution in [2.75, 3.05) is 0 Å². The van der Waals surface area contributed by atoms with Crippen LogP contribution in [0.4, 0.5) is 0 Å². The molecule has 18 heavy (non-hydrogen) atoms. The Morgan fingerprint density at radius 3 is 2.72 bits per heavy atom. The van der Waals surface area contributed by atoms with Crippen molar-refractivity contribution >= 4 is 11.3 Å². The number of aromatic nitrogens is 1. The molecule has 0 radical (unpaired) electrons. The van der Waals surface area contributed by atoms with Gasteiger partial charge < -0.3 is 0 Å². The third kappa shape index (κ3) is 2.96. The highest BCUT2D eigenvalue weighted by atomic mass is 32.1. The zero-order valence-electron chi connectivity index (χ0n) is 10.8. The molecule has 0 bridgehead atoms. The fourth-order valence-electron chi connectivity index (χ4n) is 2.02. The summed E-state index contributed by atoms with van der Waals surface area (Å²) >= 11 is 1.85. The summed E-state index contributed by atoms with van der Waals surface area (Å²) in [5.41, 5.74) is 5.09. The Balaban J connectivity index is 2.17. The topological polar surface area (TPSA) is 50.9 Å². The number of hydrogen-bond acceptors (Lipinski definition) is 4. The second-order valence-corrected chi connectivity index (χ2v) is 5.60. The van der Waals surface area contributed by atoms with E-state index >= 15 is 0 Å². The van der Waals surface area contributed by atoms with E-state index < -0.39 is 0 Å². The van der Waals surface area contributed by atoms with Gasteiger partial charge in [0, 0.05) is 22.4 Å². The van der Waals surface area contributed by atoms with Crippen molar-refractivity contribution in [2.24, 2.45) is 5.84 Å². The van der Waals surface area contributed by atoms with Gasteiger partial charge in [0.15, 0.2) is 0 Å². The van der Waals surface area contributed by atoms with Gasteiger partial charge in [-0.25, -0.2) is 0 Å². The Bertz CT molecular complexity index is 507. The molecule has 4 heteroatoms. The zero-order valence-corrected chi connectivity index (χ0v) is 11.6. The Labute approximate surface area is 112 Å². The standard InChI is InChI=1S/C14H19N3S/c1-3-11-6-7-12(18-11)9-13(17-15)14-10(2)5-4-8-16-14/h4-8,13,17H,3,9,15H2,1-2H3. The number of thiophene rings is 1. The molecule has 3 N–H and O–H groups in total. The lowest BCUT2D eigenvalue weighted by Gasteiger charge is -2.16. The van der Waals surface area contributed by atoms with E-state index in [1.54, 1.807) is 0 Å². The molecule has 0 aromatic carbocycles. The van der Waals surface area contributed by atoms with Crippen molar-refractivity contribution in [3.63, 3.8) is 0 Å². The monoisotopic (exact) mass is 261 g/mol. The highest BCUT2D eigenvalue weighted by molar-refractivity contribution is 7.11. The van der Waals surface area contributed by atoms with Crippen molar-refractivity contribution in [3.05, 3.63) is 51.5 Å². The molecule has 0 aliphatic rings. The van der Waals surface area contributed by atoms with E-state index in [4.69, 9.17) is 5.84 Å². The number of nitrogens with one attached hydrogen (secondary N) is 1.